The van der Waals surface area contributed by atoms with Crippen LogP contribution in [0, 0.1) is 0 Å². The number of carbonyl (C=O) groups is 1. The summed E-state index contributed by atoms with van der Waals surface area (Å²) >= 11 is 0. The molecule has 5 heteroatoms. The fourth-order valence-electron chi connectivity index (χ4n) is 1.70. The number of aromatic carboxylic acids is 1. The molecule has 0 aliphatic heterocycles. The van der Waals surface area contributed by atoms with Gasteiger partial charge in [0.25, 0.3) is 0 Å². The Morgan fingerprint density at radius 1 is 1.25 bits per heavy atom. The molecule has 1 heterocycles. The maximum atomic E-state index is 10.8. The van der Waals surface area contributed by atoms with Gasteiger partial charge in [-0.3, -0.25) is 0 Å². The lowest BCUT2D eigenvalue weighted by Crippen LogP contribution is -2.11. The molecule has 0 fully saturated rings. The summed E-state index contributed by atoms with van der Waals surface area (Å²) in [6.45, 7) is 4.99. The molecule has 0 unspecified atom stereocenters. The van der Waals surface area contributed by atoms with E-state index in [9.17, 15) is 4.79 Å². The number of carboxylic acids is 1. The van der Waals surface area contributed by atoms with E-state index in [2.05, 4.69) is 11.9 Å². The highest BCUT2D eigenvalue weighted by molar-refractivity contribution is 5.88. The van der Waals surface area contributed by atoms with Crippen LogP contribution in [-0.2, 0) is 6.54 Å². The summed E-state index contributed by atoms with van der Waals surface area (Å²) in [7, 11) is 0. The topological polar surface area (TPSA) is 62.5 Å². The molecule has 0 spiro atoms. The molecule has 0 radical (unpaired) electrons. The highest BCUT2D eigenvalue weighted by Crippen LogP contribution is 2.22. The van der Waals surface area contributed by atoms with E-state index in [1.54, 1.807) is 30.3 Å². The van der Waals surface area contributed by atoms with Gasteiger partial charge in [-0.05, 0) is 24.3 Å². The van der Waals surface area contributed by atoms with Crippen LogP contribution < -0.4 is 5.32 Å². The SMILES string of the molecule is C=CCNCc1ccc(-c2ccc(C(=O)O)cc2)o1.Cl. The van der Waals surface area contributed by atoms with Crippen LogP contribution in [0.2, 0.25) is 0 Å². The summed E-state index contributed by atoms with van der Waals surface area (Å²) in [6.07, 6.45) is 1.79. The van der Waals surface area contributed by atoms with E-state index < -0.39 is 5.97 Å². The first-order chi connectivity index (χ1) is 9.20. The van der Waals surface area contributed by atoms with Crippen molar-refractivity contribution in [2.45, 2.75) is 6.54 Å². The summed E-state index contributed by atoms with van der Waals surface area (Å²) in [5.41, 5.74) is 1.13. The van der Waals surface area contributed by atoms with Gasteiger partial charge in [-0.2, -0.15) is 0 Å². The Morgan fingerprint density at radius 2 is 1.95 bits per heavy atom. The molecular weight excluding hydrogens is 278 g/mol. The van der Waals surface area contributed by atoms with Gasteiger partial charge in [0.1, 0.15) is 11.5 Å². The molecule has 0 saturated heterocycles. The van der Waals surface area contributed by atoms with Gasteiger partial charge in [0, 0.05) is 12.1 Å². The van der Waals surface area contributed by atoms with Crippen LogP contribution in [0.1, 0.15) is 16.1 Å². The Kier molecular flexibility index (Phi) is 6.03. The Bertz CT molecular complexity index is 575. The molecule has 0 aliphatic rings. The van der Waals surface area contributed by atoms with Crippen molar-refractivity contribution in [3.8, 4) is 11.3 Å². The molecule has 20 heavy (non-hydrogen) atoms. The van der Waals surface area contributed by atoms with E-state index in [4.69, 9.17) is 9.52 Å². The predicted molar refractivity (Wildman–Crippen MR) is 80.3 cm³/mol. The van der Waals surface area contributed by atoms with Crippen LogP contribution in [0.4, 0.5) is 0 Å². The van der Waals surface area contributed by atoms with Crippen molar-refractivity contribution in [2.24, 2.45) is 0 Å². The standard InChI is InChI=1S/C15H15NO3.ClH/c1-2-9-16-10-13-7-8-14(19-13)11-3-5-12(6-4-11)15(17)18;/h2-8,16H,1,9-10H2,(H,17,18);1H. The summed E-state index contributed by atoms with van der Waals surface area (Å²) < 4.78 is 5.67. The largest absolute Gasteiger partial charge is 0.478 e. The van der Waals surface area contributed by atoms with Gasteiger partial charge in [-0.1, -0.05) is 18.2 Å². The Balaban J connectivity index is 0.00000200. The number of benzene rings is 1. The molecule has 0 amide bonds. The number of nitrogens with one attached hydrogen (secondary N) is 1. The average molecular weight is 294 g/mol. The fourth-order valence-corrected chi connectivity index (χ4v) is 1.70. The van der Waals surface area contributed by atoms with Gasteiger partial charge in [0.2, 0.25) is 0 Å². The van der Waals surface area contributed by atoms with Gasteiger partial charge in [0.15, 0.2) is 0 Å². The van der Waals surface area contributed by atoms with Gasteiger partial charge >= 0.3 is 5.97 Å². The predicted octanol–water partition coefficient (Wildman–Crippen LogP) is 3.34. The highest BCUT2D eigenvalue weighted by atomic mass is 35.5. The Hall–Kier alpha value is -2.04. The van der Waals surface area contributed by atoms with Gasteiger partial charge in [0.05, 0.1) is 12.1 Å². The van der Waals surface area contributed by atoms with Crippen molar-refractivity contribution in [2.75, 3.05) is 6.54 Å². The second-order valence-electron chi connectivity index (χ2n) is 4.07. The van der Waals surface area contributed by atoms with Crippen LogP contribution in [0.25, 0.3) is 11.3 Å². The van der Waals surface area contributed by atoms with E-state index >= 15 is 0 Å². The van der Waals surface area contributed by atoms with Crippen molar-refractivity contribution in [1.29, 1.82) is 0 Å². The number of hydrogen-bond donors (Lipinski definition) is 2. The molecule has 2 rings (SSSR count). The van der Waals surface area contributed by atoms with Gasteiger partial charge < -0.3 is 14.8 Å². The molecular formula is C15H16ClNO3. The molecule has 4 nitrogen and oxygen atoms in total. The second kappa shape index (κ2) is 7.53. The smallest absolute Gasteiger partial charge is 0.335 e. The fraction of sp³-hybridized carbons (Fsp3) is 0.133. The maximum Gasteiger partial charge on any atom is 0.335 e. The zero-order valence-electron chi connectivity index (χ0n) is 10.8. The molecule has 2 N–H and O–H groups in total. The van der Waals surface area contributed by atoms with Crippen LogP contribution in [0.3, 0.4) is 0 Å². The minimum Gasteiger partial charge on any atom is -0.478 e. The van der Waals surface area contributed by atoms with E-state index in [-0.39, 0.29) is 18.0 Å². The normalized spacial score (nSPS) is 9.80. The third kappa shape index (κ3) is 3.98. The van der Waals surface area contributed by atoms with Crippen molar-refractivity contribution >= 4 is 18.4 Å². The second-order valence-corrected chi connectivity index (χ2v) is 4.07. The van der Waals surface area contributed by atoms with Crippen molar-refractivity contribution in [3.05, 3.63) is 60.4 Å². The first kappa shape index (κ1) is 16.0. The molecule has 0 aliphatic carbocycles. The van der Waals surface area contributed by atoms with Crippen molar-refractivity contribution < 1.29 is 14.3 Å². The molecule has 106 valence electrons. The van der Waals surface area contributed by atoms with E-state index in [0.717, 1.165) is 23.6 Å². The molecule has 1 aromatic carbocycles. The minimum absolute atomic E-state index is 0. The van der Waals surface area contributed by atoms with E-state index in [0.29, 0.717) is 6.54 Å². The third-order valence-corrected chi connectivity index (χ3v) is 2.67. The first-order valence-electron chi connectivity index (χ1n) is 5.95. The Morgan fingerprint density at radius 3 is 2.55 bits per heavy atom. The first-order valence-corrected chi connectivity index (χ1v) is 5.95. The van der Waals surface area contributed by atoms with E-state index in [1.165, 1.54) is 0 Å². The lowest BCUT2D eigenvalue weighted by molar-refractivity contribution is 0.0697. The van der Waals surface area contributed by atoms with Crippen LogP contribution >= 0.6 is 12.4 Å². The lowest BCUT2D eigenvalue weighted by Gasteiger charge is -2.00. The van der Waals surface area contributed by atoms with Crippen molar-refractivity contribution in [3.63, 3.8) is 0 Å². The average Bonchev–Trinajstić information content (AvgIpc) is 2.88. The van der Waals surface area contributed by atoms with Crippen LogP contribution in [0.15, 0.2) is 53.5 Å². The lowest BCUT2D eigenvalue weighted by atomic mass is 10.1. The van der Waals surface area contributed by atoms with Crippen LogP contribution in [0.5, 0.6) is 0 Å². The number of hydrogen-bond acceptors (Lipinski definition) is 3. The number of carboxylic acid groups (broad SMARTS) is 1. The van der Waals surface area contributed by atoms with Gasteiger partial charge in [-0.15, -0.1) is 19.0 Å². The summed E-state index contributed by atoms with van der Waals surface area (Å²) in [5, 5.41) is 12.0. The molecule has 0 bridgehead atoms. The monoisotopic (exact) mass is 293 g/mol. The van der Waals surface area contributed by atoms with E-state index in [1.807, 2.05) is 12.1 Å². The number of rotatable bonds is 6. The minimum atomic E-state index is -0.930. The third-order valence-electron chi connectivity index (χ3n) is 2.67. The quantitative estimate of drug-likeness (QED) is 0.633. The molecule has 0 saturated carbocycles. The van der Waals surface area contributed by atoms with Crippen molar-refractivity contribution in [1.82, 2.24) is 5.32 Å². The maximum absolute atomic E-state index is 10.8. The Labute approximate surface area is 123 Å². The zero-order valence-corrected chi connectivity index (χ0v) is 11.7. The summed E-state index contributed by atoms with van der Waals surface area (Å²) in [4.78, 5) is 10.8. The van der Waals surface area contributed by atoms with Gasteiger partial charge in [-0.25, -0.2) is 4.79 Å². The van der Waals surface area contributed by atoms with Crippen LogP contribution in [-0.4, -0.2) is 17.6 Å². The summed E-state index contributed by atoms with van der Waals surface area (Å²) in [5.74, 6) is 0.631. The number of furan rings is 1. The molecule has 1 aromatic heterocycles. The number of halogens is 1. The summed E-state index contributed by atoms with van der Waals surface area (Å²) in [6, 6.07) is 10.4. The zero-order chi connectivity index (χ0) is 13.7. The highest BCUT2D eigenvalue weighted by Gasteiger charge is 2.06. The molecule has 2 aromatic rings. The molecule has 0 atom stereocenters.